The zero-order chi connectivity index (χ0) is 22.6. The Hall–Kier alpha value is -1.51. The summed E-state index contributed by atoms with van der Waals surface area (Å²) in [5.41, 5.74) is 0.135. The molecule has 1 unspecified atom stereocenters. The van der Waals surface area contributed by atoms with Gasteiger partial charge in [0, 0.05) is 25.5 Å². The van der Waals surface area contributed by atoms with Crippen LogP contribution in [0.25, 0.3) is 11.0 Å². The van der Waals surface area contributed by atoms with Gasteiger partial charge in [0.05, 0.1) is 11.6 Å². The fourth-order valence-electron chi connectivity index (χ4n) is 3.42. The first-order valence-corrected chi connectivity index (χ1v) is 11.5. The minimum Gasteiger partial charge on any atom is -0.387 e. The molecule has 5 atom stereocenters. The first kappa shape index (κ1) is 22.7. The monoisotopic (exact) mass is 485 g/mol. The lowest BCUT2D eigenvalue weighted by Crippen LogP contribution is -2.44. The zero-order valence-electron chi connectivity index (χ0n) is 15.9. The number of fused-ring (bicyclic) bond motifs is 1. The van der Waals surface area contributed by atoms with Crippen molar-refractivity contribution >= 4 is 36.0 Å². The van der Waals surface area contributed by atoms with Crippen molar-refractivity contribution in [1.29, 1.82) is 0 Å². The number of nitrogens with zero attached hydrogens (tertiary/aromatic N) is 4. The van der Waals surface area contributed by atoms with Crippen LogP contribution in [0, 0.1) is 0 Å². The molecular formula is C15H19ClF2N5O7P. The van der Waals surface area contributed by atoms with Gasteiger partial charge in [-0.1, -0.05) is 0 Å². The van der Waals surface area contributed by atoms with Crippen molar-refractivity contribution < 1.29 is 42.8 Å². The van der Waals surface area contributed by atoms with E-state index in [0.717, 1.165) is 11.3 Å². The van der Waals surface area contributed by atoms with Crippen LogP contribution in [0.15, 0.2) is 6.20 Å². The number of alkyl halides is 2. The summed E-state index contributed by atoms with van der Waals surface area (Å²) in [7, 11) is -3.91. The summed E-state index contributed by atoms with van der Waals surface area (Å²) in [4.78, 5) is 21.8. The second-order valence-electron chi connectivity index (χ2n) is 7.48. The number of aliphatic hydroxyl groups is 2. The highest BCUT2D eigenvalue weighted by atomic mass is 35.5. The standard InChI is InChI=1S/C15H19ClF2N5O7P/c1-31(26,27)30-28-5-8-9(24)10(25)13(29-8)23-12-7(4-19-23)11(21-14(16)22-12)20-6-2-15(17,18)3-6/h4,6,8-10,13,24-25H,2-3,5H2,1H3,(H,26,27)(H,20,21,22)/t8-,9-,10-,13-/m1/s1. The Bertz CT molecular complexity index is 1020. The first-order valence-electron chi connectivity index (χ1n) is 9.12. The van der Waals surface area contributed by atoms with Gasteiger partial charge < -0.3 is 25.2 Å². The molecule has 0 spiro atoms. The summed E-state index contributed by atoms with van der Waals surface area (Å²) >= 11 is 5.97. The highest BCUT2D eigenvalue weighted by Crippen LogP contribution is 2.40. The summed E-state index contributed by atoms with van der Waals surface area (Å²) in [5.74, 6) is -2.53. The molecule has 1 aliphatic heterocycles. The molecule has 1 saturated heterocycles. The van der Waals surface area contributed by atoms with Gasteiger partial charge in [0.25, 0.3) is 5.92 Å². The highest BCUT2D eigenvalue weighted by molar-refractivity contribution is 7.51. The lowest BCUT2D eigenvalue weighted by molar-refractivity contribution is -0.238. The van der Waals surface area contributed by atoms with Gasteiger partial charge in [-0.3, -0.25) is 4.57 Å². The van der Waals surface area contributed by atoms with Crippen LogP contribution < -0.4 is 5.32 Å². The van der Waals surface area contributed by atoms with Crippen LogP contribution in [0.3, 0.4) is 0 Å². The minimum atomic E-state index is -3.91. The van der Waals surface area contributed by atoms with Gasteiger partial charge in [-0.25, -0.2) is 18.4 Å². The van der Waals surface area contributed by atoms with Crippen LogP contribution in [0.5, 0.6) is 0 Å². The molecule has 2 fully saturated rings. The summed E-state index contributed by atoms with van der Waals surface area (Å²) in [6.45, 7) is 0.455. The van der Waals surface area contributed by atoms with Gasteiger partial charge in [0.1, 0.15) is 30.7 Å². The number of hydrogen-bond acceptors (Lipinski definition) is 10. The van der Waals surface area contributed by atoms with Crippen molar-refractivity contribution in [2.75, 3.05) is 18.6 Å². The predicted molar refractivity (Wildman–Crippen MR) is 101 cm³/mol. The van der Waals surface area contributed by atoms with Crippen molar-refractivity contribution in [2.24, 2.45) is 0 Å². The summed E-state index contributed by atoms with van der Waals surface area (Å²) in [6, 6.07) is -0.495. The molecule has 0 radical (unpaired) electrons. The average Bonchev–Trinajstić information content (AvgIpc) is 3.15. The number of aromatic nitrogens is 4. The van der Waals surface area contributed by atoms with E-state index in [1.165, 1.54) is 6.20 Å². The molecule has 4 rings (SSSR count). The number of anilines is 1. The lowest BCUT2D eigenvalue weighted by Gasteiger charge is -2.35. The van der Waals surface area contributed by atoms with E-state index >= 15 is 0 Å². The predicted octanol–water partition coefficient (Wildman–Crippen LogP) is 1.07. The zero-order valence-corrected chi connectivity index (χ0v) is 17.6. The van der Waals surface area contributed by atoms with E-state index in [2.05, 4.69) is 29.9 Å². The van der Waals surface area contributed by atoms with Crippen LogP contribution >= 0.6 is 19.2 Å². The first-order chi connectivity index (χ1) is 14.4. The minimum absolute atomic E-state index is 0.135. The molecule has 1 aliphatic carbocycles. The normalized spacial score (nSPS) is 30.3. The van der Waals surface area contributed by atoms with E-state index in [0.29, 0.717) is 5.39 Å². The Morgan fingerprint density at radius 2 is 2.10 bits per heavy atom. The molecule has 4 N–H and O–H groups in total. The Kier molecular flexibility index (Phi) is 5.94. The molecule has 0 aromatic carbocycles. The van der Waals surface area contributed by atoms with Crippen molar-refractivity contribution in [3.63, 3.8) is 0 Å². The molecule has 0 amide bonds. The molecule has 2 aromatic heterocycles. The van der Waals surface area contributed by atoms with Crippen LogP contribution in [-0.4, -0.2) is 78.4 Å². The smallest absolute Gasteiger partial charge is 0.352 e. The maximum Gasteiger partial charge on any atom is 0.352 e. The van der Waals surface area contributed by atoms with Crippen LogP contribution in [0.2, 0.25) is 5.28 Å². The molecule has 2 aromatic rings. The SMILES string of the molecule is CP(=O)(O)OOC[C@H]1O[C@@H](n2ncc3c(NC4CC(F)(F)C4)nc(Cl)nc32)[C@H](O)[C@@H]1O. The number of rotatable bonds is 7. The Morgan fingerprint density at radius 1 is 1.39 bits per heavy atom. The molecule has 12 nitrogen and oxygen atoms in total. The van der Waals surface area contributed by atoms with E-state index in [4.69, 9.17) is 21.2 Å². The summed E-state index contributed by atoms with van der Waals surface area (Å²) in [6.07, 6.45) is -4.57. The van der Waals surface area contributed by atoms with E-state index in [-0.39, 0.29) is 29.6 Å². The molecular weight excluding hydrogens is 467 g/mol. The van der Waals surface area contributed by atoms with Crippen molar-refractivity contribution in [2.45, 2.75) is 49.3 Å². The van der Waals surface area contributed by atoms with E-state index in [1.54, 1.807) is 0 Å². The second kappa shape index (κ2) is 8.12. The molecule has 16 heteroatoms. The lowest BCUT2D eigenvalue weighted by atomic mass is 9.88. The number of hydrogen-bond donors (Lipinski definition) is 4. The number of ether oxygens (including phenoxy) is 1. The Labute approximate surface area is 178 Å². The highest BCUT2D eigenvalue weighted by Gasteiger charge is 2.47. The molecule has 2 aliphatic rings. The third-order valence-electron chi connectivity index (χ3n) is 4.86. The molecule has 172 valence electrons. The van der Waals surface area contributed by atoms with Gasteiger partial charge >= 0.3 is 7.60 Å². The average molecular weight is 486 g/mol. The third-order valence-corrected chi connectivity index (χ3v) is 5.41. The van der Waals surface area contributed by atoms with Gasteiger partial charge in [-0.05, 0) is 11.6 Å². The number of aliphatic hydroxyl groups excluding tert-OH is 2. The van der Waals surface area contributed by atoms with E-state index in [9.17, 15) is 23.6 Å². The summed E-state index contributed by atoms with van der Waals surface area (Å²) in [5, 5.41) is 27.8. The largest absolute Gasteiger partial charge is 0.387 e. The molecule has 3 heterocycles. The maximum absolute atomic E-state index is 13.1. The Balaban J connectivity index is 1.53. The summed E-state index contributed by atoms with van der Waals surface area (Å²) < 4.78 is 48.4. The van der Waals surface area contributed by atoms with Crippen molar-refractivity contribution in [3.8, 4) is 0 Å². The second-order valence-corrected chi connectivity index (χ2v) is 9.57. The van der Waals surface area contributed by atoms with E-state index < -0.39 is 50.7 Å². The topological polar surface area (TPSA) is 161 Å². The van der Waals surface area contributed by atoms with Gasteiger partial charge in [0.15, 0.2) is 11.9 Å². The fourth-order valence-corrected chi connectivity index (χ4v) is 3.84. The van der Waals surface area contributed by atoms with Gasteiger partial charge in [-0.15, -0.1) is 4.67 Å². The maximum atomic E-state index is 13.1. The van der Waals surface area contributed by atoms with Crippen LogP contribution in [-0.2, 0) is 18.9 Å². The molecule has 31 heavy (non-hydrogen) atoms. The number of halogens is 3. The van der Waals surface area contributed by atoms with Crippen LogP contribution in [0.1, 0.15) is 19.1 Å². The molecule has 1 saturated carbocycles. The van der Waals surface area contributed by atoms with Crippen LogP contribution in [0.4, 0.5) is 14.6 Å². The van der Waals surface area contributed by atoms with Gasteiger partial charge in [-0.2, -0.15) is 15.1 Å². The number of nitrogens with one attached hydrogen (secondary N) is 1. The van der Waals surface area contributed by atoms with Gasteiger partial charge in [0.2, 0.25) is 5.28 Å². The Morgan fingerprint density at radius 3 is 2.74 bits per heavy atom. The third kappa shape index (κ3) is 4.81. The van der Waals surface area contributed by atoms with E-state index in [1.807, 2.05) is 0 Å². The van der Waals surface area contributed by atoms with Crippen molar-refractivity contribution in [3.05, 3.63) is 11.5 Å². The fraction of sp³-hybridized carbons (Fsp3) is 0.667. The quantitative estimate of drug-likeness (QED) is 0.192. The van der Waals surface area contributed by atoms with Crippen molar-refractivity contribution in [1.82, 2.24) is 19.7 Å². The molecule has 0 bridgehead atoms.